The van der Waals surface area contributed by atoms with Gasteiger partial charge in [0, 0.05) is 126 Å². The number of carbonyl (C=O) groups is 5. The number of ketones is 1. The van der Waals surface area contributed by atoms with E-state index < -0.39 is 69.8 Å². The van der Waals surface area contributed by atoms with Gasteiger partial charge >= 0.3 is 30.5 Å². The number of Topliss-reactive ketones (excluding diaryl/α,β-unsaturated/α-hetero) is 1. The Morgan fingerprint density at radius 2 is 0.901 bits per heavy atom. The van der Waals surface area contributed by atoms with E-state index in [1.54, 1.807) is 40.6 Å². The van der Waals surface area contributed by atoms with Crippen LogP contribution in [-0.2, 0) is 40.5 Å². The largest absolute Gasteiger partial charge is 0.466 e. The fourth-order valence-corrected chi connectivity index (χ4v) is 16.1. The van der Waals surface area contributed by atoms with Gasteiger partial charge in [0.15, 0.2) is 11.4 Å². The Hall–Kier alpha value is -6.91. The van der Waals surface area contributed by atoms with Crippen LogP contribution in [0.2, 0.25) is 20.1 Å². The molecule has 0 bridgehead atoms. The lowest BCUT2D eigenvalue weighted by atomic mass is 9.74. The predicted octanol–water partition coefficient (Wildman–Crippen LogP) is 14.6. The number of ether oxygens (including phenoxy) is 2. The number of anilines is 4. The van der Waals surface area contributed by atoms with Crippen molar-refractivity contribution < 1.29 is 73.0 Å². The van der Waals surface area contributed by atoms with Crippen LogP contribution < -0.4 is 30.5 Å². The van der Waals surface area contributed by atoms with E-state index in [-0.39, 0.29) is 96.3 Å². The molecule has 0 atom stereocenters. The number of carbonyl (C=O) groups excluding carboxylic acids is 5. The summed E-state index contributed by atoms with van der Waals surface area (Å²) < 4.78 is 133. The molecule has 0 saturated carbocycles. The van der Waals surface area contributed by atoms with Gasteiger partial charge < -0.3 is 29.1 Å². The lowest BCUT2D eigenvalue weighted by Gasteiger charge is -2.40. The minimum atomic E-state index is -5.11. The van der Waals surface area contributed by atoms with Crippen molar-refractivity contribution in [1.82, 2.24) is 40.6 Å². The number of piperidine rings is 4. The second-order valence-electron chi connectivity index (χ2n) is 23.9. The number of aryl methyl sites for hydroxylation is 1. The van der Waals surface area contributed by atoms with Crippen LogP contribution in [0.3, 0.4) is 0 Å². The van der Waals surface area contributed by atoms with E-state index in [0.717, 1.165) is 58.3 Å². The maximum atomic E-state index is 13.5. The van der Waals surface area contributed by atoms with E-state index in [9.17, 15) is 63.5 Å². The van der Waals surface area contributed by atoms with E-state index in [2.05, 4.69) is 87.9 Å². The SMILES string of the molecule is CCOC(=O)C1(C(=O)C(F)(F)F)CCN(c2c(Cl)cncc2Br)CC1.CCOC(=O)C1CCN(c2c(Cl)cncc2Br)CC1.Cn1cc(-c2ccc(-c3cncc(Cl)c3N3CCC4(CC3)C(=O)NN=C4C(F)(F)F)cc2)cn1.O=C1NN=C(C(F)(F)F)C12CCN(c1c(Cl)cncc1Br)CC2. The number of benzene rings is 1. The minimum absolute atomic E-state index is 0.00980. The van der Waals surface area contributed by atoms with Crippen LogP contribution in [0.15, 0.2) is 110 Å². The van der Waals surface area contributed by atoms with Crippen molar-refractivity contribution in [3.63, 3.8) is 0 Å². The second kappa shape index (κ2) is 32.4. The van der Waals surface area contributed by atoms with Gasteiger partial charge in [0.2, 0.25) is 0 Å². The zero-order chi connectivity index (χ0) is 73.6. The molecular weight excluding hydrogens is 1630 g/mol. The summed E-state index contributed by atoms with van der Waals surface area (Å²) in [5.41, 5.74) is 2.93. The standard InChI is InChI=1S/C23H20ClF3N6O.C15H15BrClF3N2O3.C13H11BrClF3N4O.C13H16BrClN2O2/c1-32-13-16(10-29-32)14-2-4-15(5-3-14)17-11-28-12-18(24)19(17)33-8-6-22(7-9-33)20(23(25,26)27)30-31-21(22)34;1-2-25-13(24)14(12(23)15(18,19)20)3-5-22(6-4-14)11-9(16)7-21-8-10(11)17;14-7-5-19-6-8(15)9(7)22-3-1-12(2-4-22)10(13(16,17)18)20-21-11(12)23;1-2-19-13(18)9-3-5-17(6-4-9)12-10(14)7-16-8-11(12)15/h2-5,10-13H,6-9H2,1H3,(H,31,34);7-8H,2-6H2,1H3;5-6H,1-4H2,(H,21,23);7-9H,2-6H2,1H3. The fraction of sp³-hybridized carbons (Fsp3) is 0.438. The zero-order valence-electron chi connectivity index (χ0n) is 53.7. The number of hydrazone groups is 2. The summed E-state index contributed by atoms with van der Waals surface area (Å²) in [5.74, 6) is -4.65. The third kappa shape index (κ3) is 17.2. The van der Waals surface area contributed by atoms with Crippen molar-refractivity contribution >= 4 is 158 Å². The maximum Gasteiger partial charge on any atom is 0.451 e. The van der Waals surface area contributed by atoms with Gasteiger partial charge in [-0.05, 0) is 124 Å². The number of aromatic nitrogens is 6. The molecule has 542 valence electrons. The topological polar surface area (TPSA) is 235 Å². The summed E-state index contributed by atoms with van der Waals surface area (Å²) in [6.07, 6.45) is 2.79. The molecule has 0 radical (unpaired) electrons. The van der Waals surface area contributed by atoms with Gasteiger partial charge in [0.1, 0.15) is 16.2 Å². The highest BCUT2D eigenvalue weighted by Crippen LogP contribution is 2.49. The third-order valence-corrected chi connectivity index (χ3v) is 20.9. The zero-order valence-corrected chi connectivity index (χ0v) is 61.4. The van der Waals surface area contributed by atoms with Gasteiger partial charge in [-0.1, -0.05) is 70.7 Å². The van der Waals surface area contributed by atoms with Gasteiger partial charge in [0.25, 0.3) is 17.6 Å². The molecular formula is C64H62Br3Cl4F9N14O7. The minimum Gasteiger partial charge on any atom is -0.466 e. The van der Waals surface area contributed by atoms with Crippen molar-refractivity contribution in [2.75, 3.05) is 85.2 Å². The lowest BCUT2D eigenvalue weighted by molar-refractivity contribution is -0.191. The Balaban J connectivity index is 0.000000161. The molecule has 11 heterocycles. The summed E-state index contributed by atoms with van der Waals surface area (Å²) in [5, 5.41) is 12.5. The summed E-state index contributed by atoms with van der Waals surface area (Å²) in [7, 11) is 1.85. The number of nitrogens with zero attached hydrogens (tertiary/aromatic N) is 12. The van der Waals surface area contributed by atoms with Gasteiger partial charge in [-0.25, -0.2) is 10.9 Å². The van der Waals surface area contributed by atoms with Crippen LogP contribution in [0.5, 0.6) is 0 Å². The van der Waals surface area contributed by atoms with Gasteiger partial charge in [-0.3, -0.25) is 48.6 Å². The van der Waals surface area contributed by atoms with E-state index in [1.165, 1.54) is 31.7 Å². The van der Waals surface area contributed by atoms with Crippen LogP contribution in [0.25, 0.3) is 22.3 Å². The maximum absolute atomic E-state index is 13.5. The second-order valence-corrected chi connectivity index (χ2v) is 28.1. The first kappa shape index (κ1) is 78.2. The van der Waals surface area contributed by atoms with Crippen LogP contribution in [-0.4, -0.2) is 155 Å². The number of pyridine rings is 4. The fourth-order valence-electron chi connectivity index (χ4n) is 12.9. The molecule has 4 saturated heterocycles. The smallest absolute Gasteiger partial charge is 0.451 e. The van der Waals surface area contributed by atoms with Crippen LogP contribution >= 0.6 is 94.2 Å². The van der Waals surface area contributed by atoms with Gasteiger partial charge in [0.05, 0.1) is 81.6 Å². The molecule has 101 heavy (non-hydrogen) atoms. The average Bonchev–Trinajstić information content (AvgIpc) is 1.68. The molecule has 21 nitrogen and oxygen atoms in total. The van der Waals surface area contributed by atoms with E-state index in [0.29, 0.717) is 52.7 Å². The molecule has 6 aliphatic heterocycles. The molecule has 6 aromatic rings. The van der Waals surface area contributed by atoms with Gasteiger partial charge in [-0.15, -0.1) is 0 Å². The number of hydrogen-bond acceptors (Lipinski definition) is 18. The van der Waals surface area contributed by atoms with E-state index in [1.807, 2.05) is 65.1 Å². The van der Waals surface area contributed by atoms with Crippen LogP contribution in [0.4, 0.5) is 62.3 Å². The van der Waals surface area contributed by atoms with Crippen molar-refractivity contribution in [3.05, 3.63) is 120 Å². The van der Waals surface area contributed by atoms with E-state index in [4.69, 9.17) is 55.9 Å². The number of esters is 2. The highest BCUT2D eigenvalue weighted by molar-refractivity contribution is 9.11. The number of nitrogens with one attached hydrogen (secondary N) is 2. The third-order valence-electron chi connectivity index (χ3n) is 18.0. The molecule has 2 amide bonds. The normalized spacial score (nSPS) is 18.0. The van der Waals surface area contributed by atoms with Crippen molar-refractivity contribution in [3.8, 4) is 22.3 Å². The number of alkyl halides is 9. The molecule has 4 fully saturated rings. The van der Waals surface area contributed by atoms with Crippen molar-refractivity contribution in [2.45, 2.75) is 83.7 Å². The van der Waals surface area contributed by atoms with E-state index >= 15 is 0 Å². The Morgan fingerprint density at radius 3 is 1.28 bits per heavy atom. The molecule has 0 aliphatic carbocycles. The van der Waals surface area contributed by atoms with Crippen molar-refractivity contribution in [2.24, 2.45) is 39.4 Å². The quantitative estimate of drug-likeness (QED) is 0.0697. The molecule has 1 aromatic carbocycles. The Bertz CT molecular complexity index is 4050. The summed E-state index contributed by atoms with van der Waals surface area (Å²) in [6.45, 7) is 6.28. The van der Waals surface area contributed by atoms with Crippen LogP contribution in [0.1, 0.15) is 65.2 Å². The average molecular weight is 1690 g/mol. The number of amides is 2. The molecule has 37 heteroatoms. The van der Waals surface area contributed by atoms with Crippen LogP contribution in [0, 0.1) is 22.2 Å². The summed E-state index contributed by atoms with van der Waals surface area (Å²) in [6, 6.07) is 7.83. The molecule has 0 unspecified atom stereocenters. The lowest BCUT2D eigenvalue weighted by Crippen LogP contribution is -2.54. The molecule has 2 spiro atoms. The Morgan fingerprint density at radius 1 is 0.525 bits per heavy atom. The molecule has 6 aliphatic rings. The molecule has 12 rings (SSSR count). The monoisotopic (exact) mass is 1690 g/mol. The predicted molar refractivity (Wildman–Crippen MR) is 372 cm³/mol. The number of halogens is 16. The highest BCUT2D eigenvalue weighted by Gasteiger charge is 2.62. The molecule has 5 aromatic heterocycles. The van der Waals surface area contributed by atoms with Crippen molar-refractivity contribution in [1.29, 1.82) is 0 Å². The first-order chi connectivity index (χ1) is 47.7. The number of hydrogen-bond donors (Lipinski definition) is 2. The first-order valence-corrected chi connectivity index (χ1v) is 35.1. The van der Waals surface area contributed by atoms with Gasteiger partial charge in [-0.2, -0.15) is 54.8 Å². The number of rotatable bonds is 11. The first-order valence-electron chi connectivity index (χ1n) is 31.2. The Labute approximate surface area is 617 Å². The summed E-state index contributed by atoms with van der Waals surface area (Å²) >= 11 is 35.1. The molecule has 2 N–H and O–H groups in total. The highest BCUT2D eigenvalue weighted by atomic mass is 79.9. The summed E-state index contributed by atoms with van der Waals surface area (Å²) in [4.78, 5) is 83.9. The Kier molecular flexibility index (Phi) is 25.1.